The lowest BCUT2D eigenvalue weighted by molar-refractivity contribution is -0.677. The summed E-state index contributed by atoms with van der Waals surface area (Å²) < 4.78 is 5.41. The minimum atomic E-state index is -0.688. The van der Waals surface area contributed by atoms with E-state index < -0.39 is 8.80 Å². The van der Waals surface area contributed by atoms with Crippen LogP contribution in [0, 0.1) is 0 Å². The van der Waals surface area contributed by atoms with Crippen molar-refractivity contribution in [3.63, 3.8) is 0 Å². The van der Waals surface area contributed by atoms with Crippen LogP contribution >= 0.6 is 11.3 Å². The first-order chi connectivity index (χ1) is 9.70. The summed E-state index contributed by atoms with van der Waals surface area (Å²) in [7, 11) is 1.48. The molecule has 1 aliphatic heterocycles. The molecule has 1 aromatic carbocycles. The quantitative estimate of drug-likeness (QED) is 0.480. The van der Waals surface area contributed by atoms with Crippen LogP contribution in [0.1, 0.15) is 18.2 Å². The topological polar surface area (TPSA) is 3.88 Å². The molecule has 0 N–H and O–H groups in total. The van der Waals surface area contributed by atoms with Gasteiger partial charge in [-0.05, 0) is 17.2 Å². The van der Waals surface area contributed by atoms with E-state index in [1.807, 2.05) is 0 Å². The van der Waals surface area contributed by atoms with Crippen LogP contribution in [0.25, 0.3) is 20.2 Å². The number of benzene rings is 1. The highest BCUT2D eigenvalue weighted by atomic mass is 32.1. The highest BCUT2D eigenvalue weighted by Crippen LogP contribution is 2.36. The van der Waals surface area contributed by atoms with Gasteiger partial charge in [-0.1, -0.05) is 31.6 Å². The normalized spacial score (nSPS) is 18.1. The van der Waals surface area contributed by atoms with Crippen LogP contribution in [0.3, 0.4) is 0 Å². The average Bonchev–Trinajstić information content (AvgIpc) is 2.99. The van der Waals surface area contributed by atoms with E-state index in [1.54, 1.807) is 15.5 Å². The van der Waals surface area contributed by atoms with E-state index in [-0.39, 0.29) is 0 Å². The lowest BCUT2D eigenvalue weighted by atomic mass is 10.1. The monoisotopic (exact) mass is 298 g/mol. The van der Waals surface area contributed by atoms with E-state index in [4.69, 9.17) is 0 Å². The minimum Gasteiger partial charge on any atom is -0.204 e. The van der Waals surface area contributed by atoms with Gasteiger partial charge in [-0.15, -0.1) is 11.3 Å². The molecular formula is C17H20NSSi+. The number of aryl methyl sites for hydroxylation is 3. The molecule has 102 valence electrons. The summed E-state index contributed by atoms with van der Waals surface area (Å²) in [6.07, 6.45) is 4.65. The number of hydrogen-bond donors (Lipinski definition) is 0. The first-order valence-corrected chi connectivity index (χ1v) is 10.9. The third-order valence-electron chi connectivity index (χ3n) is 4.85. The molecule has 4 rings (SSSR count). The van der Waals surface area contributed by atoms with Crippen molar-refractivity contribution < 1.29 is 4.57 Å². The number of thiophene rings is 1. The van der Waals surface area contributed by atoms with Crippen LogP contribution in [0.2, 0.25) is 12.6 Å². The second kappa shape index (κ2) is 4.40. The fourth-order valence-electron chi connectivity index (χ4n) is 3.74. The molecule has 0 fully saturated rings. The van der Waals surface area contributed by atoms with Crippen molar-refractivity contribution in [2.45, 2.75) is 32.4 Å². The van der Waals surface area contributed by atoms with Crippen molar-refractivity contribution >= 4 is 45.5 Å². The van der Waals surface area contributed by atoms with Crippen molar-refractivity contribution in [1.29, 1.82) is 0 Å². The predicted molar refractivity (Wildman–Crippen MR) is 91.0 cm³/mol. The highest BCUT2D eigenvalue weighted by Gasteiger charge is 2.25. The molecule has 0 radical (unpaired) electrons. The third kappa shape index (κ3) is 1.56. The number of rotatable bonds is 1. The molecule has 1 unspecified atom stereocenters. The second-order valence-corrected chi connectivity index (χ2v) is 10.0. The zero-order valence-corrected chi connectivity index (χ0v) is 14.3. The molecule has 3 aromatic rings. The van der Waals surface area contributed by atoms with Gasteiger partial charge in [0.1, 0.15) is 11.7 Å². The summed E-state index contributed by atoms with van der Waals surface area (Å²) in [6.45, 7) is 4.79. The second-order valence-electron chi connectivity index (χ2n) is 6.03. The van der Waals surface area contributed by atoms with E-state index in [0.717, 1.165) is 6.42 Å². The summed E-state index contributed by atoms with van der Waals surface area (Å²) in [4.78, 5) is 0. The molecule has 2 aromatic heterocycles. The van der Waals surface area contributed by atoms with Crippen molar-refractivity contribution in [3.8, 4) is 0 Å². The maximum atomic E-state index is 2.52. The molecule has 1 nitrogen and oxygen atoms in total. The van der Waals surface area contributed by atoms with Crippen LogP contribution in [0.4, 0.5) is 0 Å². The predicted octanol–water partition coefficient (Wildman–Crippen LogP) is 3.06. The summed E-state index contributed by atoms with van der Waals surface area (Å²) in [6, 6.07) is 8.54. The van der Waals surface area contributed by atoms with E-state index in [0.29, 0.717) is 0 Å². The SMILES string of the molecule is CCc1c2sc3c4c(ccc3c2cc[n+]1C)CC[SiH]4C. The lowest BCUT2D eigenvalue weighted by Gasteiger charge is -2.04. The zero-order valence-electron chi connectivity index (χ0n) is 12.4. The van der Waals surface area contributed by atoms with E-state index >= 15 is 0 Å². The van der Waals surface area contributed by atoms with Crippen molar-refractivity contribution in [2.24, 2.45) is 7.05 Å². The lowest BCUT2D eigenvalue weighted by Crippen LogP contribution is -2.32. The molecule has 1 atom stereocenters. The van der Waals surface area contributed by atoms with E-state index in [1.165, 1.54) is 33.6 Å². The fourth-order valence-corrected chi connectivity index (χ4v) is 8.46. The summed E-state index contributed by atoms with van der Waals surface area (Å²) in [5.41, 5.74) is 3.12. The van der Waals surface area contributed by atoms with E-state index in [9.17, 15) is 0 Å². The Morgan fingerprint density at radius 3 is 2.80 bits per heavy atom. The molecule has 3 heterocycles. The number of hydrogen-bond acceptors (Lipinski definition) is 1. The van der Waals surface area contributed by atoms with Gasteiger partial charge in [-0.25, -0.2) is 4.57 Å². The molecule has 0 saturated carbocycles. The maximum Gasteiger partial charge on any atom is 0.198 e. The maximum absolute atomic E-state index is 2.52. The Morgan fingerprint density at radius 1 is 1.20 bits per heavy atom. The smallest absolute Gasteiger partial charge is 0.198 e. The average molecular weight is 299 g/mol. The zero-order chi connectivity index (χ0) is 13.9. The Morgan fingerprint density at radius 2 is 2.00 bits per heavy atom. The molecule has 3 heteroatoms. The van der Waals surface area contributed by atoms with Gasteiger partial charge in [0.2, 0.25) is 0 Å². The van der Waals surface area contributed by atoms with Gasteiger partial charge in [0.15, 0.2) is 11.9 Å². The molecule has 0 bridgehead atoms. The van der Waals surface area contributed by atoms with Crippen LogP contribution in [-0.4, -0.2) is 8.80 Å². The van der Waals surface area contributed by atoms with Crippen molar-refractivity contribution in [3.05, 3.63) is 35.7 Å². The van der Waals surface area contributed by atoms with Gasteiger partial charge < -0.3 is 0 Å². The third-order valence-corrected chi connectivity index (χ3v) is 9.16. The summed E-state index contributed by atoms with van der Waals surface area (Å²) in [5.74, 6) is 0. The molecule has 0 saturated heterocycles. The van der Waals surface area contributed by atoms with Crippen LogP contribution in [0.15, 0.2) is 24.4 Å². The number of nitrogens with zero attached hydrogens (tertiary/aromatic N) is 1. The van der Waals surface area contributed by atoms with Crippen LogP contribution in [0.5, 0.6) is 0 Å². The van der Waals surface area contributed by atoms with Crippen molar-refractivity contribution in [1.82, 2.24) is 0 Å². The Labute approximate surface area is 125 Å². The summed E-state index contributed by atoms with van der Waals surface area (Å²) in [5, 5.41) is 4.74. The van der Waals surface area contributed by atoms with Gasteiger partial charge in [-0.3, -0.25) is 0 Å². The largest absolute Gasteiger partial charge is 0.204 e. The van der Waals surface area contributed by atoms with E-state index in [2.05, 4.69) is 60.8 Å². The fraction of sp³-hybridized carbons (Fsp3) is 0.353. The van der Waals surface area contributed by atoms with Gasteiger partial charge >= 0.3 is 0 Å². The van der Waals surface area contributed by atoms with Crippen molar-refractivity contribution in [2.75, 3.05) is 0 Å². The first-order valence-electron chi connectivity index (χ1n) is 7.56. The van der Waals surface area contributed by atoms with Gasteiger partial charge in [0.25, 0.3) is 0 Å². The molecule has 20 heavy (non-hydrogen) atoms. The minimum absolute atomic E-state index is 0.688. The standard InChI is InChI=1S/C17H20NSSi/c1-4-14-15-13(7-9-18(14)2)12-6-5-11-8-10-20(3)17(11)16(12)19-15/h5-7,9,20H,4,8,10H2,1-3H3/q+1. The Balaban J connectivity index is 2.17. The molecule has 0 amide bonds. The van der Waals surface area contributed by atoms with Gasteiger partial charge in [0, 0.05) is 28.0 Å². The number of aromatic nitrogens is 1. The molecule has 0 aliphatic carbocycles. The molecular weight excluding hydrogens is 278 g/mol. The number of fused-ring (bicyclic) bond motifs is 5. The first kappa shape index (κ1) is 12.5. The van der Waals surface area contributed by atoms with Crippen LogP contribution < -0.4 is 9.75 Å². The Kier molecular flexibility index (Phi) is 2.76. The highest BCUT2D eigenvalue weighted by molar-refractivity contribution is 7.27. The Bertz CT molecular complexity index is 834. The number of pyridine rings is 1. The summed E-state index contributed by atoms with van der Waals surface area (Å²) >= 11 is 2.05. The molecule has 1 aliphatic rings. The Hall–Kier alpha value is -1.19. The molecule has 0 spiro atoms. The van der Waals surface area contributed by atoms with Crippen LogP contribution in [-0.2, 0) is 19.9 Å². The van der Waals surface area contributed by atoms with Gasteiger partial charge in [-0.2, -0.15) is 0 Å². The van der Waals surface area contributed by atoms with Gasteiger partial charge in [0.05, 0.1) is 8.80 Å².